The molecule has 2 rings (SSSR count). The molecule has 5 nitrogen and oxygen atoms in total. The lowest BCUT2D eigenvalue weighted by atomic mass is 10.1. The molecule has 0 fully saturated rings. The number of urea groups is 1. The zero-order chi connectivity index (χ0) is 17.4. The topological polar surface area (TPSA) is 67.4 Å². The fourth-order valence-corrected chi connectivity index (χ4v) is 2.18. The van der Waals surface area contributed by atoms with Crippen LogP contribution in [0.5, 0.6) is 5.75 Å². The van der Waals surface area contributed by atoms with Gasteiger partial charge in [0.25, 0.3) is 0 Å². The second-order valence-electron chi connectivity index (χ2n) is 5.10. The number of para-hydroxylation sites is 1. The number of Topliss-reactive ketones (excluding diaryl/α,β-unsaturated/α-hetero) is 1. The predicted octanol–water partition coefficient (Wildman–Crippen LogP) is 2.56. The third kappa shape index (κ3) is 5.08. The maximum atomic E-state index is 12.8. The molecule has 0 unspecified atom stereocenters. The van der Waals surface area contributed by atoms with Gasteiger partial charge in [-0.3, -0.25) is 4.79 Å². The van der Waals surface area contributed by atoms with E-state index in [1.165, 1.54) is 24.3 Å². The maximum Gasteiger partial charge on any atom is 0.315 e. The number of nitrogens with one attached hydrogen (secondary N) is 2. The van der Waals surface area contributed by atoms with Crippen molar-refractivity contribution < 1.29 is 18.7 Å². The van der Waals surface area contributed by atoms with Crippen molar-refractivity contribution in [2.75, 3.05) is 20.2 Å². The highest BCUT2D eigenvalue weighted by Gasteiger charge is 2.08. The van der Waals surface area contributed by atoms with Crippen molar-refractivity contribution in [2.24, 2.45) is 0 Å². The van der Waals surface area contributed by atoms with Crippen molar-refractivity contribution in [3.8, 4) is 5.75 Å². The Balaban J connectivity index is 1.73. The summed E-state index contributed by atoms with van der Waals surface area (Å²) >= 11 is 0. The summed E-state index contributed by atoms with van der Waals surface area (Å²) in [6.45, 7) is 0.267. The quantitative estimate of drug-likeness (QED) is 0.767. The Hall–Kier alpha value is -2.89. The van der Waals surface area contributed by atoms with Crippen molar-refractivity contribution in [2.45, 2.75) is 6.42 Å². The molecule has 24 heavy (non-hydrogen) atoms. The van der Waals surface area contributed by atoms with E-state index < -0.39 is 11.8 Å². The predicted molar refractivity (Wildman–Crippen MR) is 88.8 cm³/mol. The van der Waals surface area contributed by atoms with Gasteiger partial charge in [0.05, 0.1) is 13.7 Å². The van der Waals surface area contributed by atoms with Crippen LogP contribution >= 0.6 is 0 Å². The Kier molecular flexibility index (Phi) is 6.31. The Morgan fingerprint density at radius 3 is 2.46 bits per heavy atom. The number of rotatable bonds is 7. The summed E-state index contributed by atoms with van der Waals surface area (Å²) < 4.78 is 18.0. The first kappa shape index (κ1) is 17.5. The molecule has 0 bridgehead atoms. The van der Waals surface area contributed by atoms with Gasteiger partial charge >= 0.3 is 6.03 Å². The van der Waals surface area contributed by atoms with Crippen molar-refractivity contribution in [3.63, 3.8) is 0 Å². The van der Waals surface area contributed by atoms with Crippen LogP contribution in [0.15, 0.2) is 48.5 Å². The minimum atomic E-state index is -0.430. The van der Waals surface area contributed by atoms with Gasteiger partial charge in [0.2, 0.25) is 0 Å². The van der Waals surface area contributed by atoms with Gasteiger partial charge in [0, 0.05) is 12.1 Å². The highest BCUT2D eigenvalue weighted by atomic mass is 19.1. The Morgan fingerprint density at radius 1 is 1.04 bits per heavy atom. The molecule has 0 heterocycles. The maximum absolute atomic E-state index is 12.8. The van der Waals surface area contributed by atoms with Gasteiger partial charge in [-0.25, -0.2) is 9.18 Å². The highest BCUT2D eigenvalue weighted by Crippen LogP contribution is 2.17. The summed E-state index contributed by atoms with van der Waals surface area (Å²) in [5.74, 6) is 0.0784. The van der Waals surface area contributed by atoms with E-state index in [4.69, 9.17) is 4.74 Å². The third-order valence-corrected chi connectivity index (χ3v) is 3.45. The molecule has 2 aromatic carbocycles. The second kappa shape index (κ2) is 8.67. The van der Waals surface area contributed by atoms with Crippen LogP contribution in [0.2, 0.25) is 0 Å². The molecule has 0 spiro atoms. The van der Waals surface area contributed by atoms with E-state index in [2.05, 4.69) is 10.6 Å². The van der Waals surface area contributed by atoms with E-state index in [-0.39, 0.29) is 12.3 Å². The number of hydrogen-bond acceptors (Lipinski definition) is 3. The molecule has 6 heteroatoms. The van der Waals surface area contributed by atoms with E-state index in [1.54, 1.807) is 7.11 Å². The van der Waals surface area contributed by atoms with Crippen molar-refractivity contribution in [1.29, 1.82) is 0 Å². The first-order valence-corrected chi connectivity index (χ1v) is 7.52. The van der Waals surface area contributed by atoms with Gasteiger partial charge in [-0.1, -0.05) is 18.2 Å². The first-order valence-electron chi connectivity index (χ1n) is 7.52. The van der Waals surface area contributed by atoms with Crippen LogP contribution in [0.1, 0.15) is 15.9 Å². The molecular weight excluding hydrogens is 311 g/mol. The second-order valence-corrected chi connectivity index (χ2v) is 5.10. The SMILES string of the molecule is COc1ccccc1CCNC(=O)NCC(=O)c1ccc(F)cc1. The molecule has 2 aromatic rings. The molecule has 2 N–H and O–H groups in total. The lowest BCUT2D eigenvalue weighted by Crippen LogP contribution is -2.39. The zero-order valence-electron chi connectivity index (χ0n) is 13.3. The summed E-state index contributed by atoms with van der Waals surface area (Å²) in [6.07, 6.45) is 0.614. The van der Waals surface area contributed by atoms with Gasteiger partial charge in [-0.15, -0.1) is 0 Å². The zero-order valence-corrected chi connectivity index (χ0v) is 13.3. The number of carbonyl (C=O) groups excluding carboxylic acids is 2. The van der Waals surface area contributed by atoms with E-state index in [9.17, 15) is 14.0 Å². The number of ether oxygens (including phenoxy) is 1. The minimum absolute atomic E-state index is 0.147. The standard InChI is InChI=1S/C18H19FN2O3/c1-24-17-5-3-2-4-14(17)10-11-20-18(23)21-12-16(22)13-6-8-15(19)9-7-13/h2-9H,10-12H2,1H3,(H2,20,21,23). The highest BCUT2D eigenvalue weighted by molar-refractivity contribution is 5.99. The average molecular weight is 330 g/mol. The fraction of sp³-hybridized carbons (Fsp3) is 0.222. The van der Waals surface area contributed by atoms with Gasteiger partial charge in [-0.2, -0.15) is 0 Å². The summed E-state index contributed by atoms with van der Waals surface area (Å²) in [5.41, 5.74) is 1.34. The number of ketones is 1. The first-order chi connectivity index (χ1) is 11.6. The Bertz CT molecular complexity index is 702. The molecule has 0 aliphatic heterocycles. The van der Waals surface area contributed by atoms with Gasteiger partial charge in [0.15, 0.2) is 5.78 Å². The monoisotopic (exact) mass is 330 g/mol. The normalized spacial score (nSPS) is 10.1. The number of hydrogen-bond donors (Lipinski definition) is 2. The Labute approximate surface area is 139 Å². The molecule has 0 aliphatic rings. The average Bonchev–Trinajstić information content (AvgIpc) is 2.60. The van der Waals surface area contributed by atoms with Crippen LogP contribution in [-0.4, -0.2) is 32.0 Å². The summed E-state index contributed by atoms with van der Waals surface area (Å²) in [5, 5.41) is 5.17. The molecule has 0 aliphatic carbocycles. The molecular formula is C18H19FN2O3. The third-order valence-electron chi connectivity index (χ3n) is 3.45. The van der Waals surface area contributed by atoms with Gasteiger partial charge in [-0.05, 0) is 42.3 Å². The number of methoxy groups -OCH3 is 1. The molecule has 0 saturated carbocycles. The van der Waals surface area contributed by atoms with Crippen molar-refractivity contribution >= 4 is 11.8 Å². The number of amides is 2. The molecule has 0 aromatic heterocycles. The van der Waals surface area contributed by atoms with E-state index in [1.807, 2.05) is 24.3 Å². The van der Waals surface area contributed by atoms with Crippen LogP contribution in [0.4, 0.5) is 9.18 Å². The van der Waals surface area contributed by atoms with E-state index >= 15 is 0 Å². The molecule has 0 saturated heterocycles. The fourth-order valence-electron chi connectivity index (χ4n) is 2.18. The lowest BCUT2D eigenvalue weighted by Gasteiger charge is -2.10. The van der Waals surface area contributed by atoms with Crippen LogP contribution in [0.25, 0.3) is 0 Å². The van der Waals surface area contributed by atoms with Crippen LogP contribution in [0.3, 0.4) is 0 Å². The van der Waals surface area contributed by atoms with Gasteiger partial charge < -0.3 is 15.4 Å². The van der Waals surface area contributed by atoms with Crippen LogP contribution in [0, 0.1) is 5.82 Å². The number of halogens is 1. The Morgan fingerprint density at radius 2 is 1.75 bits per heavy atom. The number of carbonyl (C=O) groups is 2. The lowest BCUT2D eigenvalue weighted by molar-refractivity contribution is 0.0992. The van der Waals surface area contributed by atoms with Gasteiger partial charge in [0.1, 0.15) is 11.6 Å². The minimum Gasteiger partial charge on any atom is -0.496 e. The summed E-state index contributed by atoms with van der Waals surface area (Å²) in [4.78, 5) is 23.6. The van der Waals surface area contributed by atoms with Crippen LogP contribution < -0.4 is 15.4 Å². The molecule has 126 valence electrons. The summed E-state index contributed by atoms with van der Waals surface area (Å²) in [6, 6.07) is 12.3. The molecule has 0 atom stereocenters. The van der Waals surface area contributed by atoms with Crippen molar-refractivity contribution in [1.82, 2.24) is 10.6 Å². The van der Waals surface area contributed by atoms with E-state index in [0.29, 0.717) is 18.5 Å². The number of benzene rings is 2. The molecule has 0 radical (unpaired) electrons. The summed E-state index contributed by atoms with van der Waals surface area (Å²) in [7, 11) is 1.60. The largest absolute Gasteiger partial charge is 0.496 e. The molecule has 2 amide bonds. The van der Waals surface area contributed by atoms with Crippen molar-refractivity contribution in [3.05, 3.63) is 65.5 Å². The van der Waals surface area contributed by atoms with Crippen LogP contribution in [-0.2, 0) is 6.42 Å². The smallest absolute Gasteiger partial charge is 0.315 e. The van der Waals surface area contributed by atoms with E-state index in [0.717, 1.165) is 11.3 Å².